The maximum Gasteiger partial charge on any atom is 0.159 e. The lowest BCUT2D eigenvalue weighted by Crippen LogP contribution is -2.30. The normalized spacial score (nSPS) is 14.6. The fraction of sp³-hybridized carbons (Fsp3) is 0.316. The topological polar surface area (TPSA) is 41.9 Å². The standard InChI is InChI=1S/C19H20N4S/c1-13-9-17(24-14(13)2)12-23-8-5-18-16(11-23)10-21-19(22-18)15-3-6-20-7-4-15/h3-4,6-7,9-10H,5,8,11-12H2,1-2H3. The first-order chi connectivity index (χ1) is 11.7. The van der Waals surface area contributed by atoms with Crippen LogP contribution in [0.15, 0.2) is 36.8 Å². The van der Waals surface area contributed by atoms with Gasteiger partial charge in [0.25, 0.3) is 0 Å². The molecule has 0 bridgehead atoms. The summed E-state index contributed by atoms with van der Waals surface area (Å²) >= 11 is 1.91. The first-order valence-electron chi connectivity index (χ1n) is 8.22. The van der Waals surface area contributed by atoms with Gasteiger partial charge in [-0.3, -0.25) is 9.88 Å². The van der Waals surface area contributed by atoms with Crippen molar-refractivity contribution >= 4 is 11.3 Å². The summed E-state index contributed by atoms with van der Waals surface area (Å²) in [6, 6.07) is 6.23. The molecule has 0 atom stereocenters. The molecule has 4 heterocycles. The van der Waals surface area contributed by atoms with Gasteiger partial charge in [-0.2, -0.15) is 0 Å². The minimum absolute atomic E-state index is 0.800. The smallest absolute Gasteiger partial charge is 0.159 e. The SMILES string of the molecule is Cc1cc(CN2CCc3nc(-c4ccncc4)ncc3C2)sc1C. The second kappa shape index (κ2) is 6.42. The molecular formula is C19H20N4S. The third-order valence-corrected chi connectivity index (χ3v) is 5.69. The highest BCUT2D eigenvalue weighted by atomic mass is 32.1. The van der Waals surface area contributed by atoms with Crippen LogP contribution >= 0.6 is 11.3 Å². The molecule has 0 N–H and O–H groups in total. The minimum atomic E-state index is 0.800. The summed E-state index contributed by atoms with van der Waals surface area (Å²) in [5.74, 6) is 0.800. The van der Waals surface area contributed by atoms with Crippen molar-refractivity contribution in [3.8, 4) is 11.4 Å². The zero-order chi connectivity index (χ0) is 16.5. The molecule has 4 rings (SSSR count). The van der Waals surface area contributed by atoms with Gasteiger partial charge in [0.05, 0.1) is 5.69 Å². The molecular weight excluding hydrogens is 316 g/mol. The van der Waals surface area contributed by atoms with Crippen LogP contribution in [-0.4, -0.2) is 26.4 Å². The Morgan fingerprint density at radius 3 is 2.79 bits per heavy atom. The molecule has 122 valence electrons. The molecule has 0 fully saturated rings. The van der Waals surface area contributed by atoms with E-state index in [9.17, 15) is 0 Å². The Hall–Kier alpha value is -2.11. The maximum absolute atomic E-state index is 4.78. The van der Waals surface area contributed by atoms with Crippen LogP contribution in [0.5, 0.6) is 0 Å². The van der Waals surface area contributed by atoms with Crippen molar-refractivity contribution in [2.75, 3.05) is 6.54 Å². The molecule has 0 saturated carbocycles. The van der Waals surface area contributed by atoms with E-state index in [1.807, 2.05) is 29.7 Å². The molecule has 0 saturated heterocycles. The van der Waals surface area contributed by atoms with Crippen LogP contribution in [0.25, 0.3) is 11.4 Å². The van der Waals surface area contributed by atoms with E-state index in [4.69, 9.17) is 4.98 Å². The lowest BCUT2D eigenvalue weighted by Gasteiger charge is -2.27. The number of nitrogens with zero attached hydrogens (tertiary/aromatic N) is 4. The highest BCUT2D eigenvalue weighted by molar-refractivity contribution is 7.12. The van der Waals surface area contributed by atoms with Gasteiger partial charge < -0.3 is 0 Å². The van der Waals surface area contributed by atoms with Gasteiger partial charge in [-0.1, -0.05) is 0 Å². The van der Waals surface area contributed by atoms with Gasteiger partial charge in [0.2, 0.25) is 0 Å². The molecule has 24 heavy (non-hydrogen) atoms. The van der Waals surface area contributed by atoms with Gasteiger partial charge in [-0.05, 0) is 37.6 Å². The average molecular weight is 336 g/mol. The Kier molecular flexibility index (Phi) is 4.12. The molecule has 0 aromatic carbocycles. The number of fused-ring (bicyclic) bond motifs is 1. The van der Waals surface area contributed by atoms with E-state index >= 15 is 0 Å². The third kappa shape index (κ3) is 3.09. The van der Waals surface area contributed by atoms with Crippen LogP contribution in [-0.2, 0) is 19.5 Å². The Morgan fingerprint density at radius 2 is 2.04 bits per heavy atom. The molecule has 1 aliphatic heterocycles. The van der Waals surface area contributed by atoms with Gasteiger partial charge >= 0.3 is 0 Å². The van der Waals surface area contributed by atoms with E-state index in [2.05, 4.69) is 34.8 Å². The Balaban J connectivity index is 1.51. The number of aromatic nitrogens is 3. The number of thiophene rings is 1. The van der Waals surface area contributed by atoms with Crippen molar-refractivity contribution in [1.82, 2.24) is 19.9 Å². The van der Waals surface area contributed by atoms with Crippen LogP contribution in [0.3, 0.4) is 0 Å². The number of aryl methyl sites for hydroxylation is 2. The molecule has 3 aromatic rings. The molecule has 0 unspecified atom stereocenters. The van der Waals surface area contributed by atoms with Crippen LogP contribution in [0.1, 0.15) is 26.6 Å². The van der Waals surface area contributed by atoms with E-state index in [0.717, 1.165) is 37.4 Å². The van der Waals surface area contributed by atoms with E-state index in [0.29, 0.717) is 0 Å². The summed E-state index contributed by atoms with van der Waals surface area (Å²) < 4.78 is 0. The van der Waals surface area contributed by atoms with Gasteiger partial charge in [-0.15, -0.1) is 11.3 Å². The summed E-state index contributed by atoms with van der Waals surface area (Å²) in [6.45, 7) is 7.39. The molecule has 0 amide bonds. The van der Waals surface area contributed by atoms with E-state index < -0.39 is 0 Å². The number of hydrogen-bond donors (Lipinski definition) is 0. The predicted molar refractivity (Wildman–Crippen MR) is 96.9 cm³/mol. The second-order valence-electron chi connectivity index (χ2n) is 6.31. The first kappa shape index (κ1) is 15.4. The number of hydrogen-bond acceptors (Lipinski definition) is 5. The van der Waals surface area contributed by atoms with Crippen molar-refractivity contribution < 1.29 is 0 Å². The van der Waals surface area contributed by atoms with Crippen molar-refractivity contribution in [2.45, 2.75) is 33.4 Å². The quantitative estimate of drug-likeness (QED) is 0.730. The first-order valence-corrected chi connectivity index (χ1v) is 9.04. The monoisotopic (exact) mass is 336 g/mol. The van der Waals surface area contributed by atoms with Gasteiger partial charge in [0.15, 0.2) is 5.82 Å². The summed E-state index contributed by atoms with van der Waals surface area (Å²) in [7, 11) is 0. The highest BCUT2D eigenvalue weighted by Gasteiger charge is 2.19. The second-order valence-corrected chi connectivity index (χ2v) is 7.65. The average Bonchev–Trinajstić information content (AvgIpc) is 2.92. The predicted octanol–water partition coefficient (Wildman–Crippen LogP) is 3.78. The zero-order valence-corrected chi connectivity index (χ0v) is 14.8. The molecule has 0 radical (unpaired) electrons. The number of rotatable bonds is 3. The molecule has 0 aliphatic carbocycles. The minimum Gasteiger partial charge on any atom is -0.293 e. The fourth-order valence-electron chi connectivity index (χ4n) is 3.10. The largest absolute Gasteiger partial charge is 0.293 e. The summed E-state index contributed by atoms with van der Waals surface area (Å²) in [6.07, 6.45) is 6.55. The maximum atomic E-state index is 4.78. The van der Waals surface area contributed by atoms with Gasteiger partial charge in [0, 0.05) is 65.5 Å². The molecule has 5 heteroatoms. The molecule has 4 nitrogen and oxygen atoms in total. The summed E-state index contributed by atoms with van der Waals surface area (Å²) in [4.78, 5) is 18.8. The molecule has 1 aliphatic rings. The molecule has 0 spiro atoms. The highest BCUT2D eigenvalue weighted by Crippen LogP contribution is 2.25. The van der Waals surface area contributed by atoms with Gasteiger partial charge in [-0.25, -0.2) is 9.97 Å². The van der Waals surface area contributed by atoms with Gasteiger partial charge in [0.1, 0.15) is 0 Å². The third-order valence-electron chi connectivity index (χ3n) is 4.55. The Labute approximate surface area is 146 Å². The summed E-state index contributed by atoms with van der Waals surface area (Å²) in [5.41, 5.74) is 4.87. The van der Waals surface area contributed by atoms with Crippen LogP contribution < -0.4 is 0 Å². The van der Waals surface area contributed by atoms with E-state index in [1.54, 1.807) is 12.4 Å². The fourth-order valence-corrected chi connectivity index (χ4v) is 4.19. The lowest BCUT2D eigenvalue weighted by atomic mass is 10.1. The zero-order valence-electron chi connectivity index (χ0n) is 14.0. The van der Waals surface area contributed by atoms with E-state index in [1.165, 1.54) is 26.6 Å². The van der Waals surface area contributed by atoms with Crippen LogP contribution in [0.4, 0.5) is 0 Å². The Morgan fingerprint density at radius 1 is 1.21 bits per heavy atom. The van der Waals surface area contributed by atoms with E-state index in [-0.39, 0.29) is 0 Å². The summed E-state index contributed by atoms with van der Waals surface area (Å²) in [5, 5.41) is 0. The van der Waals surface area contributed by atoms with Crippen LogP contribution in [0, 0.1) is 13.8 Å². The van der Waals surface area contributed by atoms with Crippen LogP contribution in [0.2, 0.25) is 0 Å². The Bertz CT molecular complexity index is 838. The van der Waals surface area contributed by atoms with Crippen molar-refractivity contribution in [3.05, 3.63) is 63.4 Å². The lowest BCUT2D eigenvalue weighted by molar-refractivity contribution is 0.245. The van der Waals surface area contributed by atoms with Crippen molar-refractivity contribution in [2.24, 2.45) is 0 Å². The van der Waals surface area contributed by atoms with Crippen molar-refractivity contribution in [1.29, 1.82) is 0 Å². The number of pyridine rings is 1. The molecule has 3 aromatic heterocycles. The van der Waals surface area contributed by atoms with Crippen molar-refractivity contribution in [3.63, 3.8) is 0 Å².